The Hall–Kier alpha value is -2.75. The third-order valence-corrected chi connectivity index (χ3v) is 4.23. The molecular formula is C20H21NO3. The summed E-state index contributed by atoms with van der Waals surface area (Å²) in [6.07, 6.45) is 1.69. The molecule has 0 bridgehead atoms. The Morgan fingerprint density at radius 3 is 2.62 bits per heavy atom. The SMILES string of the molecule is CCc1cccc(NCc2cc(=O)oc3cc(O)c(CC)cc23)c1. The number of aryl methyl sites for hydroxylation is 2. The van der Waals surface area contributed by atoms with Gasteiger partial charge in [-0.3, -0.25) is 0 Å². The highest BCUT2D eigenvalue weighted by molar-refractivity contribution is 5.83. The summed E-state index contributed by atoms with van der Waals surface area (Å²) in [7, 11) is 0. The smallest absolute Gasteiger partial charge is 0.336 e. The van der Waals surface area contributed by atoms with Crippen molar-refractivity contribution in [1.29, 1.82) is 0 Å². The van der Waals surface area contributed by atoms with E-state index in [9.17, 15) is 9.90 Å². The van der Waals surface area contributed by atoms with Crippen LogP contribution in [0.5, 0.6) is 5.75 Å². The van der Waals surface area contributed by atoms with Crippen LogP contribution in [0.3, 0.4) is 0 Å². The van der Waals surface area contributed by atoms with Crippen LogP contribution in [0.25, 0.3) is 11.0 Å². The summed E-state index contributed by atoms with van der Waals surface area (Å²) in [6, 6.07) is 13.2. The van der Waals surface area contributed by atoms with Gasteiger partial charge in [-0.15, -0.1) is 0 Å². The molecule has 4 nitrogen and oxygen atoms in total. The van der Waals surface area contributed by atoms with Gasteiger partial charge in [0.15, 0.2) is 0 Å². The van der Waals surface area contributed by atoms with E-state index in [1.807, 2.05) is 25.1 Å². The lowest BCUT2D eigenvalue weighted by Crippen LogP contribution is -2.06. The van der Waals surface area contributed by atoms with Crippen LogP contribution in [0.15, 0.2) is 51.7 Å². The molecule has 3 rings (SSSR count). The summed E-state index contributed by atoms with van der Waals surface area (Å²) in [5.41, 5.74) is 3.98. The number of fused-ring (bicyclic) bond motifs is 1. The van der Waals surface area contributed by atoms with Crippen LogP contribution in [0.2, 0.25) is 0 Å². The molecule has 0 fully saturated rings. The first-order chi connectivity index (χ1) is 11.6. The van der Waals surface area contributed by atoms with Gasteiger partial charge < -0.3 is 14.8 Å². The molecule has 0 amide bonds. The Morgan fingerprint density at radius 1 is 1.04 bits per heavy atom. The number of phenolic OH excluding ortho intramolecular Hbond substituents is 1. The van der Waals surface area contributed by atoms with E-state index in [0.29, 0.717) is 18.5 Å². The average Bonchev–Trinajstić information content (AvgIpc) is 2.59. The third kappa shape index (κ3) is 3.27. The Bertz CT molecular complexity index is 928. The summed E-state index contributed by atoms with van der Waals surface area (Å²) in [5, 5.41) is 14.2. The summed E-state index contributed by atoms with van der Waals surface area (Å²) in [4.78, 5) is 11.8. The lowest BCUT2D eigenvalue weighted by Gasteiger charge is -2.11. The third-order valence-electron chi connectivity index (χ3n) is 4.23. The maximum Gasteiger partial charge on any atom is 0.336 e. The molecule has 0 unspecified atom stereocenters. The van der Waals surface area contributed by atoms with E-state index in [2.05, 4.69) is 24.4 Å². The topological polar surface area (TPSA) is 62.5 Å². The van der Waals surface area contributed by atoms with Gasteiger partial charge >= 0.3 is 5.63 Å². The number of rotatable bonds is 5. The molecule has 0 aliphatic carbocycles. The highest BCUT2D eigenvalue weighted by Crippen LogP contribution is 2.27. The fraction of sp³-hybridized carbons (Fsp3) is 0.250. The molecule has 0 spiro atoms. The Balaban J connectivity index is 1.97. The fourth-order valence-electron chi connectivity index (χ4n) is 2.84. The first-order valence-electron chi connectivity index (χ1n) is 8.22. The van der Waals surface area contributed by atoms with Gasteiger partial charge in [0.05, 0.1) is 0 Å². The van der Waals surface area contributed by atoms with Gasteiger partial charge in [0.2, 0.25) is 0 Å². The number of phenols is 1. The molecule has 24 heavy (non-hydrogen) atoms. The van der Waals surface area contributed by atoms with Crippen molar-refractivity contribution < 1.29 is 9.52 Å². The van der Waals surface area contributed by atoms with Crippen molar-refractivity contribution >= 4 is 16.7 Å². The van der Waals surface area contributed by atoms with E-state index >= 15 is 0 Å². The number of benzene rings is 2. The predicted octanol–water partition coefficient (Wildman–Crippen LogP) is 4.24. The second-order valence-corrected chi connectivity index (χ2v) is 5.83. The summed E-state index contributed by atoms with van der Waals surface area (Å²) in [6.45, 7) is 4.62. The number of aromatic hydroxyl groups is 1. The fourth-order valence-corrected chi connectivity index (χ4v) is 2.84. The largest absolute Gasteiger partial charge is 0.508 e. The minimum Gasteiger partial charge on any atom is -0.508 e. The van der Waals surface area contributed by atoms with Gasteiger partial charge in [0.1, 0.15) is 11.3 Å². The zero-order valence-electron chi connectivity index (χ0n) is 13.9. The van der Waals surface area contributed by atoms with Crippen LogP contribution in [-0.2, 0) is 19.4 Å². The molecule has 0 aliphatic rings. The molecule has 1 heterocycles. The lowest BCUT2D eigenvalue weighted by molar-refractivity contribution is 0.466. The molecule has 124 valence electrons. The van der Waals surface area contributed by atoms with Crippen molar-refractivity contribution in [2.75, 3.05) is 5.32 Å². The molecule has 0 aliphatic heterocycles. The van der Waals surface area contributed by atoms with Crippen LogP contribution in [0, 0.1) is 0 Å². The van der Waals surface area contributed by atoms with Gasteiger partial charge in [-0.05, 0) is 47.7 Å². The number of hydrogen-bond donors (Lipinski definition) is 2. The molecule has 3 aromatic rings. The van der Waals surface area contributed by atoms with Crippen LogP contribution < -0.4 is 10.9 Å². The molecule has 0 saturated carbocycles. The highest BCUT2D eigenvalue weighted by Gasteiger charge is 2.10. The summed E-state index contributed by atoms with van der Waals surface area (Å²) in [5.74, 6) is 0.161. The lowest BCUT2D eigenvalue weighted by atomic mass is 10.0. The molecule has 0 saturated heterocycles. The van der Waals surface area contributed by atoms with Crippen molar-refractivity contribution in [3.63, 3.8) is 0 Å². The number of hydrogen-bond acceptors (Lipinski definition) is 4. The zero-order valence-corrected chi connectivity index (χ0v) is 13.9. The first-order valence-corrected chi connectivity index (χ1v) is 8.22. The van der Waals surface area contributed by atoms with Crippen molar-refractivity contribution in [3.8, 4) is 5.75 Å². The summed E-state index contributed by atoms with van der Waals surface area (Å²) < 4.78 is 5.23. The average molecular weight is 323 g/mol. The molecule has 0 radical (unpaired) electrons. The van der Waals surface area contributed by atoms with E-state index in [0.717, 1.165) is 28.6 Å². The van der Waals surface area contributed by atoms with Gasteiger partial charge in [0.25, 0.3) is 0 Å². The number of nitrogens with one attached hydrogen (secondary N) is 1. The molecule has 2 N–H and O–H groups in total. The minimum atomic E-state index is -0.412. The van der Waals surface area contributed by atoms with Crippen LogP contribution in [0.4, 0.5) is 5.69 Å². The van der Waals surface area contributed by atoms with E-state index < -0.39 is 5.63 Å². The van der Waals surface area contributed by atoms with Gasteiger partial charge in [-0.1, -0.05) is 26.0 Å². The van der Waals surface area contributed by atoms with E-state index in [4.69, 9.17) is 4.42 Å². The quantitative estimate of drug-likeness (QED) is 0.690. The molecule has 0 atom stereocenters. The number of anilines is 1. The normalized spacial score (nSPS) is 10.9. The maximum atomic E-state index is 11.8. The van der Waals surface area contributed by atoms with E-state index in [-0.39, 0.29) is 5.75 Å². The zero-order chi connectivity index (χ0) is 17.1. The molecule has 1 aromatic heterocycles. The Morgan fingerprint density at radius 2 is 1.88 bits per heavy atom. The van der Waals surface area contributed by atoms with Crippen molar-refractivity contribution in [1.82, 2.24) is 0 Å². The van der Waals surface area contributed by atoms with Gasteiger partial charge in [0, 0.05) is 29.8 Å². The highest BCUT2D eigenvalue weighted by atomic mass is 16.4. The monoisotopic (exact) mass is 323 g/mol. The Labute approximate surface area is 140 Å². The first kappa shape index (κ1) is 16.1. The van der Waals surface area contributed by atoms with Crippen molar-refractivity contribution in [2.24, 2.45) is 0 Å². The standard InChI is InChI=1S/C20H21NO3/c1-3-13-6-5-7-16(8-13)21-12-15-10-20(23)24-19-11-18(22)14(4-2)9-17(15)19/h5-11,21-22H,3-4,12H2,1-2H3. The van der Waals surface area contributed by atoms with Crippen molar-refractivity contribution in [3.05, 3.63) is 69.6 Å². The van der Waals surface area contributed by atoms with Gasteiger partial charge in [-0.2, -0.15) is 0 Å². The summed E-state index contributed by atoms with van der Waals surface area (Å²) >= 11 is 0. The van der Waals surface area contributed by atoms with Crippen LogP contribution >= 0.6 is 0 Å². The van der Waals surface area contributed by atoms with Crippen LogP contribution in [-0.4, -0.2) is 5.11 Å². The predicted molar refractivity (Wildman–Crippen MR) is 96.7 cm³/mol. The molecule has 2 aromatic carbocycles. The minimum absolute atomic E-state index is 0.161. The second-order valence-electron chi connectivity index (χ2n) is 5.83. The maximum absolute atomic E-state index is 11.8. The molecular weight excluding hydrogens is 302 g/mol. The second kappa shape index (κ2) is 6.79. The van der Waals surface area contributed by atoms with E-state index in [1.54, 1.807) is 0 Å². The Kier molecular flexibility index (Phi) is 4.56. The van der Waals surface area contributed by atoms with E-state index in [1.165, 1.54) is 17.7 Å². The van der Waals surface area contributed by atoms with Crippen molar-refractivity contribution in [2.45, 2.75) is 33.2 Å². The molecule has 4 heteroatoms. The van der Waals surface area contributed by atoms with Gasteiger partial charge in [-0.25, -0.2) is 4.79 Å². The van der Waals surface area contributed by atoms with Crippen LogP contribution in [0.1, 0.15) is 30.5 Å².